The number of phenols is 1. The molecule has 0 aliphatic carbocycles. The van der Waals surface area contributed by atoms with Crippen molar-refractivity contribution in [2.75, 3.05) is 0 Å². The smallest absolute Gasteiger partial charge is 0.329 e. The van der Waals surface area contributed by atoms with E-state index in [9.17, 15) is 4.79 Å². The number of benzene rings is 1. The van der Waals surface area contributed by atoms with Crippen molar-refractivity contribution in [1.29, 1.82) is 5.26 Å². The first-order chi connectivity index (χ1) is 9.63. The average molecular weight is 268 g/mol. The minimum Gasteiger partial charge on any atom is -0.508 e. The van der Waals surface area contributed by atoms with Gasteiger partial charge in [0, 0.05) is 18.5 Å². The van der Waals surface area contributed by atoms with Gasteiger partial charge in [0.05, 0.1) is 5.57 Å². The van der Waals surface area contributed by atoms with Crippen LogP contribution in [0.2, 0.25) is 0 Å². The second kappa shape index (κ2) is 8.06. The van der Waals surface area contributed by atoms with Crippen molar-refractivity contribution < 1.29 is 15.0 Å². The maximum atomic E-state index is 10.3. The molecule has 1 aromatic heterocycles. The van der Waals surface area contributed by atoms with Crippen molar-refractivity contribution in [3.8, 4) is 11.8 Å². The lowest BCUT2D eigenvalue weighted by molar-refractivity contribution is -0.131. The minimum absolute atomic E-state index is 0.0532. The number of aromatic hydroxyl groups is 1. The van der Waals surface area contributed by atoms with Crippen LogP contribution < -0.4 is 0 Å². The van der Waals surface area contributed by atoms with Crippen molar-refractivity contribution >= 4 is 11.5 Å². The number of aromatic nitrogens is 1. The van der Waals surface area contributed by atoms with Gasteiger partial charge in [0.25, 0.3) is 0 Å². The minimum atomic E-state index is -1.17. The van der Waals surface area contributed by atoms with Gasteiger partial charge in [-0.25, -0.2) is 4.79 Å². The quantitative estimate of drug-likeness (QED) is 0.644. The van der Waals surface area contributed by atoms with E-state index in [4.69, 9.17) is 15.5 Å². The maximum Gasteiger partial charge on any atom is 0.329 e. The third-order valence-corrected chi connectivity index (χ3v) is 2.13. The molecule has 5 nitrogen and oxygen atoms in total. The lowest BCUT2D eigenvalue weighted by Gasteiger charge is -1.97. The number of nitriles is 1. The molecule has 2 N–H and O–H groups in total. The Kier molecular flexibility index (Phi) is 6.01. The molecule has 0 fully saturated rings. The number of pyridine rings is 1. The number of phenolic OH excluding ortho intramolecular Hbond substituents is 1. The fourth-order valence-electron chi connectivity index (χ4n) is 1.26. The summed E-state index contributed by atoms with van der Waals surface area (Å²) in [6.45, 7) is 0. The van der Waals surface area contributed by atoms with Crippen molar-refractivity contribution in [3.63, 3.8) is 0 Å². The first-order valence-electron chi connectivity index (χ1n) is 5.62. The molecule has 0 unspecified atom stereocenters. The highest BCUT2D eigenvalue weighted by atomic mass is 16.4. The number of hydrogen-bond acceptors (Lipinski definition) is 4. The molecule has 0 saturated carbocycles. The normalized spacial score (nSPS) is 9.85. The van der Waals surface area contributed by atoms with Gasteiger partial charge in [-0.05, 0) is 42.0 Å². The van der Waals surface area contributed by atoms with Crippen molar-refractivity contribution in [2.24, 2.45) is 0 Å². The Labute approximate surface area is 116 Å². The third-order valence-electron chi connectivity index (χ3n) is 2.13. The zero-order valence-electron chi connectivity index (χ0n) is 10.5. The molecule has 100 valence electrons. The number of nitrogens with zero attached hydrogens (tertiary/aromatic N) is 2. The summed E-state index contributed by atoms with van der Waals surface area (Å²) < 4.78 is 0. The number of rotatable bonds is 2. The highest BCUT2D eigenvalue weighted by Gasteiger charge is 2.02. The molecular formula is C15H12N2O3. The van der Waals surface area contributed by atoms with Crippen LogP contribution in [0.15, 0.2) is 60.9 Å². The predicted molar refractivity (Wildman–Crippen MR) is 73.6 cm³/mol. The Morgan fingerprint density at radius 2 is 1.75 bits per heavy atom. The molecule has 2 aromatic rings. The van der Waals surface area contributed by atoms with Gasteiger partial charge in [0.2, 0.25) is 0 Å². The molecule has 0 aliphatic heterocycles. The van der Waals surface area contributed by atoms with Gasteiger partial charge in [-0.15, -0.1) is 0 Å². The van der Waals surface area contributed by atoms with Gasteiger partial charge in [0.1, 0.15) is 11.8 Å². The molecule has 0 atom stereocenters. The number of carboxylic acid groups (broad SMARTS) is 1. The molecule has 0 bridgehead atoms. The molecule has 2 rings (SSSR count). The van der Waals surface area contributed by atoms with Crippen LogP contribution in [-0.4, -0.2) is 21.2 Å². The van der Waals surface area contributed by atoms with E-state index in [0.29, 0.717) is 5.56 Å². The number of carbonyl (C=O) groups is 1. The molecule has 0 radical (unpaired) electrons. The standard InChI is InChI=1S/C10H7NO3.C5H5N/c11-6-8(5-10(13)14)7-1-3-9(12)4-2-7;1-2-4-6-5-3-1/h1-5,12H,(H,13,14);1-5H. The largest absolute Gasteiger partial charge is 0.508 e. The van der Waals surface area contributed by atoms with Crippen LogP contribution >= 0.6 is 0 Å². The van der Waals surface area contributed by atoms with E-state index in [-0.39, 0.29) is 11.3 Å². The number of aliphatic carboxylic acids is 1. The molecule has 0 aliphatic rings. The summed E-state index contributed by atoms with van der Waals surface area (Å²) in [6, 6.07) is 13.2. The predicted octanol–water partition coefficient (Wildman–Crippen LogP) is 2.47. The maximum absolute atomic E-state index is 10.3. The van der Waals surface area contributed by atoms with Crippen molar-refractivity contribution in [1.82, 2.24) is 4.98 Å². The molecular weight excluding hydrogens is 256 g/mol. The van der Waals surface area contributed by atoms with Crippen LogP contribution in [-0.2, 0) is 4.79 Å². The summed E-state index contributed by atoms with van der Waals surface area (Å²) in [6.07, 6.45) is 4.33. The van der Waals surface area contributed by atoms with Crippen molar-refractivity contribution in [2.45, 2.75) is 0 Å². The van der Waals surface area contributed by atoms with Crippen LogP contribution in [0, 0.1) is 11.3 Å². The van der Waals surface area contributed by atoms with E-state index in [2.05, 4.69) is 4.98 Å². The zero-order chi connectivity index (χ0) is 14.8. The summed E-state index contributed by atoms with van der Waals surface area (Å²) in [5.41, 5.74) is 0.519. The molecule has 0 spiro atoms. The fraction of sp³-hybridized carbons (Fsp3) is 0. The summed E-state index contributed by atoms with van der Waals surface area (Å²) in [5.74, 6) is -1.10. The lowest BCUT2D eigenvalue weighted by Crippen LogP contribution is -1.90. The van der Waals surface area contributed by atoms with Gasteiger partial charge >= 0.3 is 5.97 Å². The Morgan fingerprint density at radius 3 is 2.10 bits per heavy atom. The van der Waals surface area contributed by atoms with Gasteiger partial charge < -0.3 is 10.2 Å². The van der Waals surface area contributed by atoms with E-state index >= 15 is 0 Å². The van der Waals surface area contributed by atoms with Gasteiger partial charge in [0.15, 0.2) is 0 Å². The second-order valence-corrected chi connectivity index (χ2v) is 3.58. The van der Waals surface area contributed by atoms with Crippen molar-refractivity contribution in [3.05, 3.63) is 66.5 Å². The van der Waals surface area contributed by atoms with Crippen LogP contribution in [0.1, 0.15) is 5.56 Å². The number of carboxylic acids is 1. The molecule has 5 heteroatoms. The highest BCUT2D eigenvalue weighted by molar-refractivity contribution is 5.94. The molecule has 1 heterocycles. The number of hydrogen-bond donors (Lipinski definition) is 2. The fourth-order valence-corrected chi connectivity index (χ4v) is 1.26. The van der Waals surface area contributed by atoms with Crippen LogP contribution in [0.25, 0.3) is 5.57 Å². The van der Waals surface area contributed by atoms with E-state index in [1.54, 1.807) is 18.5 Å². The SMILES string of the molecule is N#CC(=CC(=O)O)c1ccc(O)cc1.c1ccncc1. The summed E-state index contributed by atoms with van der Waals surface area (Å²) in [4.78, 5) is 14.1. The zero-order valence-corrected chi connectivity index (χ0v) is 10.5. The third kappa shape index (κ3) is 5.47. The van der Waals surface area contributed by atoms with Crippen LogP contribution in [0.4, 0.5) is 0 Å². The number of allylic oxidation sites excluding steroid dienone is 1. The lowest BCUT2D eigenvalue weighted by atomic mass is 10.1. The Balaban J connectivity index is 0.000000276. The molecule has 20 heavy (non-hydrogen) atoms. The monoisotopic (exact) mass is 268 g/mol. The highest BCUT2D eigenvalue weighted by Crippen LogP contribution is 2.16. The average Bonchev–Trinajstić information content (AvgIpc) is 2.48. The topological polar surface area (TPSA) is 94.2 Å². The summed E-state index contributed by atoms with van der Waals surface area (Å²) in [5, 5.41) is 26.1. The summed E-state index contributed by atoms with van der Waals surface area (Å²) >= 11 is 0. The first-order valence-corrected chi connectivity index (χ1v) is 5.62. The van der Waals surface area contributed by atoms with E-state index < -0.39 is 5.97 Å². The summed E-state index contributed by atoms with van der Waals surface area (Å²) in [7, 11) is 0. The van der Waals surface area contributed by atoms with Crippen LogP contribution in [0.3, 0.4) is 0 Å². The van der Waals surface area contributed by atoms with Gasteiger partial charge in [-0.1, -0.05) is 6.07 Å². The van der Waals surface area contributed by atoms with E-state index in [0.717, 1.165) is 6.08 Å². The molecule has 0 amide bonds. The first kappa shape index (κ1) is 14.9. The van der Waals surface area contributed by atoms with Crippen LogP contribution in [0.5, 0.6) is 5.75 Å². The van der Waals surface area contributed by atoms with Gasteiger partial charge in [-0.3, -0.25) is 4.98 Å². The van der Waals surface area contributed by atoms with Gasteiger partial charge in [-0.2, -0.15) is 5.26 Å². The molecule has 0 saturated heterocycles. The van der Waals surface area contributed by atoms with E-state index in [1.165, 1.54) is 24.3 Å². The Hall–Kier alpha value is -3.13. The Morgan fingerprint density at radius 1 is 1.15 bits per heavy atom. The molecule has 1 aromatic carbocycles. The second-order valence-electron chi connectivity index (χ2n) is 3.58. The Bertz CT molecular complexity index is 587. The van der Waals surface area contributed by atoms with E-state index in [1.807, 2.05) is 18.2 Å².